The molecule has 534 valence electrons. The molecule has 0 fully saturated rings. The number of carbonyl (C=O) groups excluding carboxylic acids is 4. The average molecular weight is 1430 g/mol. The zero-order valence-corrected chi connectivity index (χ0v) is 55.0. The summed E-state index contributed by atoms with van der Waals surface area (Å²) in [6, 6.07) is 30.5. The lowest BCUT2D eigenvalue weighted by Gasteiger charge is -2.27. The highest BCUT2D eigenvalue weighted by Gasteiger charge is 2.38. The van der Waals surface area contributed by atoms with Crippen molar-refractivity contribution in [2.24, 2.45) is 11.5 Å². The van der Waals surface area contributed by atoms with Crippen LogP contribution in [0.5, 0.6) is 11.5 Å². The van der Waals surface area contributed by atoms with Crippen LogP contribution in [0.25, 0.3) is 0 Å². The lowest BCUT2D eigenvalue weighted by Crippen LogP contribution is -2.50. The van der Waals surface area contributed by atoms with Gasteiger partial charge in [-0.15, -0.1) is 0 Å². The van der Waals surface area contributed by atoms with Gasteiger partial charge in [-0.3, -0.25) is 39.6 Å². The van der Waals surface area contributed by atoms with Crippen LogP contribution in [0.2, 0.25) is 0 Å². The van der Waals surface area contributed by atoms with Crippen LogP contribution < -0.4 is 51.7 Å². The van der Waals surface area contributed by atoms with Gasteiger partial charge in [-0.1, -0.05) is 48.5 Å². The van der Waals surface area contributed by atoms with Gasteiger partial charge >= 0.3 is 35.8 Å². The molecule has 2 atom stereocenters. The topological polar surface area (TPSA) is 520 Å². The smallest absolute Gasteiger partial charge is 0.343 e. The van der Waals surface area contributed by atoms with Crippen LogP contribution in [-0.2, 0) is 84.7 Å². The predicted octanol–water partition coefficient (Wildman–Crippen LogP) is 2.49. The maximum atomic E-state index is 13.8. The highest BCUT2D eigenvalue weighted by atomic mass is 32.2. The molecule has 0 aliphatic heterocycles. The Hall–Kier alpha value is -10.8. The van der Waals surface area contributed by atoms with E-state index < -0.39 is 106 Å². The molecular weight excluding hydrogens is 1350 g/mol. The number of anilines is 2. The van der Waals surface area contributed by atoms with E-state index in [0.717, 1.165) is 0 Å². The fraction of sp³-hybridized carbons (Fsp3) is 0.281. The van der Waals surface area contributed by atoms with Crippen LogP contribution in [0, 0.1) is 10.8 Å². The van der Waals surface area contributed by atoms with Crippen LogP contribution in [0.1, 0.15) is 76.5 Å². The molecule has 2 unspecified atom stereocenters. The third-order valence-electron chi connectivity index (χ3n) is 13.8. The van der Waals surface area contributed by atoms with Gasteiger partial charge in [-0.05, 0) is 119 Å². The standard InChI is InChI=1S/C64H74N12O22S2/c65-63(66)73-49-15-11-45(12-16-49)61(87)97-51-19-7-41(8-20-51)37-71-99(89,90)75(53(59(83)84)35-55(77)78)39-43-3-1-5-47(33-43)57(81)69-23-25-93-27-29-95-31-32-96-30-28-94-26-24-70-58(82)48-6-2-4-44(34-48)40-76(54(60(85)86)36-56(79)80)100(91,92)72-38-42-9-21-52(22-10-42)98-62(88)46-13-17-50(18-14-46)74-64(67)68/h1-22,33-34,53-54,71-72H,23-32,35-40H2,(H,69,81)(H,70,82)(H,77,78)(H,79,80)(H,83,84)(H,85,86)(H4,65,66,73)(H4,67,68,74). The van der Waals surface area contributed by atoms with E-state index >= 15 is 0 Å². The first-order chi connectivity index (χ1) is 47.7. The molecule has 6 rings (SSSR count). The Morgan fingerprint density at radius 3 is 1.07 bits per heavy atom. The van der Waals surface area contributed by atoms with Crippen molar-refractivity contribution in [1.82, 2.24) is 28.7 Å². The lowest BCUT2D eigenvalue weighted by atomic mass is 10.1. The molecule has 0 aliphatic rings. The summed E-state index contributed by atoms with van der Waals surface area (Å²) in [4.78, 5) is 99.8. The summed E-state index contributed by atoms with van der Waals surface area (Å²) in [6.07, 6.45) is -2.19. The van der Waals surface area contributed by atoms with E-state index in [1.54, 1.807) is 0 Å². The zero-order valence-electron chi connectivity index (χ0n) is 53.3. The second kappa shape index (κ2) is 39.0. The normalized spacial score (nSPS) is 12.0. The van der Waals surface area contributed by atoms with E-state index in [1.165, 1.54) is 146 Å². The highest BCUT2D eigenvalue weighted by Crippen LogP contribution is 2.23. The Morgan fingerprint density at radius 1 is 0.430 bits per heavy atom. The summed E-state index contributed by atoms with van der Waals surface area (Å²) in [5, 5.41) is 64.2. The molecule has 0 bridgehead atoms. The fourth-order valence-electron chi connectivity index (χ4n) is 8.99. The number of nitrogens with one attached hydrogen (secondary N) is 8. The molecular formula is C64H74N12O22S2. The Balaban J connectivity index is 0.852. The van der Waals surface area contributed by atoms with Crippen molar-refractivity contribution < 1.29 is 104 Å². The van der Waals surface area contributed by atoms with Crippen molar-refractivity contribution in [1.29, 1.82) is 10.8 Å². The number of hydrogen-bond acceptors (Lipinski definition) is 20. The summed E-state index contributed by atoms with van der Waals surface area (Å²) in [5.41, 5.74) is 13.2. The molecule has 2 amide bonds. The predicted molar refractivity (Wildman–Crippen MR) is 358 cm³/mol. The van der Waals surface area contributed by atoms with Crippen LogP contribution in [0.3, 0.4) is 0 Å². The molecule has 100 heavy (non-hydrogen) atoms. The van der Waals surface area contributed by atoms with Crippen LogP contribution in [0.15, 0.2) is 146 Å². The molecule has 0 heterocycles. The number of carboxylic acid groups (broad SMARTS) is 4. The van der Waals surface area contributed by atoms with Gasteiger partial charge in [0.2, 0.25) is 0 Å². The highest BCUT2D eigenvalue weighted by molar-refractivity contribution is 7.87. The molecule has 36 heteroatoms. The average Bonchev–Trinajstić information content (AvgIpc) is 0.813. The number of guanidine groups is 2. The van der Waals surface area contributed by atoms with Crippen LogP contribution in [-0.4, -0.2) is 183 Å². The SMILES string of the molecule is N=C(N)Nc1ccc(C(=O)Oc2ccc(CNS(=O)(=O)N(Cc3cccc(C(=O)NCCOCCOCCOCCOCCNC(=O)c4cccc(CN(C(CC(=O)O)C(=O)O)S(=O)(=O)NCc5ccc(OC(=O)c6ccc(NC(=N)N)cc6)cc5)c4)c3)C(CC(=O)O)C(=O)O)cc2)cc1. The maximum Gasteiger partial charge on any atom is 0.343 e. The number of esters is 2. The summed E-state index contributed by atoms with van der Waals surface area (Å²) in [7, 11) is -9.49. The molecule has 0 radical (unpaired) electrons. The molecule has 6 aromatic rings. The number of hydrogen-bond donors (Lipinski definition) is 14. The first kappa shape index (κ1) is 78.2. The van der Waals surface area contributed by atoms with Gasteiger partial charge in [0.1, 0.15) is 23.6 Å². The van der Waals surface area contributed by atoms with Crippen molar-refractivity contribution in [3.63, 3.8) is 0 Å². The van der Waals surface area contributed by atoms with Crippen molar-refractivity contribution >= 4 is 91.3 Å². The molecule has 16 N–H and O–H groups in total. The van der Waals surface area contributed by atoms with Crippen LogP contribution >= 0.6 is 0 Å². The van der Waals surface area contributed by atoms with Crippen molar-refractivity contribution in [3.05, 3.63) is 190 Å². The van der Waals surface area contributed by atoms with Crippen molar-refractivity contribution in [2.45, 2.75) is 51.1 Å². The Morgan fingerprint density at radius 2 is 0.760 bits per heavy atom. The Labute approximate surface area is 573 Å². The van der Waals surface area contributed by atoms with Crippen molar-refractivity contribution in [3.8, 4) is 11.5 Å². The molecule has 0 aliphatic carbocycles. The van der Waals surface area contributed by atoms with E-state index in [0.29, 0.717) is 31.1 Å². The molecule has 34 nitrogen and oxygen atoms in total. The van der Waals surface area contributed by atoms with E-state index in [1.807, 2.05) is 0 Å². The number of carboxylic acids is 4. The number of carbonyl (C=O) groups is 8. The number of aliphatic carboxylic acids is 4. The molecule has 6 aromatic carbocycles. The van der Waals surface area contributed by atoms with Gasteiger partial charge in [0.05, 0.1) is 76.8 Å². The minimum atomic E-state index is -4.75. The van der Waals surface area contributed by atoms with Gasteiger partial charge in [0.15, 0.2) is 11.9 Å². The second-order valence-corrected chi connectivity index (χ2v) is 24.7. The summed E-state index contributed by atoms with van der Waals surface area (Å²) >= 11 is 0. The van der Waals surface area contributed by atoms with E-state index in [9.17, 15) is 75.6 Å². The molecule has 0 saturated carbocycles. The van der Waals surface area contributed by atoms with E-state index in [4.69, 9.17) is 50.7 Å². The Kier molecular flexibility index (Phi) is 30.5. The summed E-state index contributed by atoms with van der Waals surface area (Å²) < 4.78 is 93.5. The zero-order chi connectivity index (χ0) is 72.8. The number of ether oxygens (including phenoxy) is 6. The number of nitrogens with zero attached hydrogens (tertiary/aromatic N) is 2. The number of amides is 2. The number of benzene rings is 6. The lowest BCUT2D eigenvalue weighted by molar-refractivity contribution is -0.148. The number of rotatable bonds is 43. The van der Waals surface area contributed by atoms with Gasteiger partial charge in [0.25, 0.3) is 32.2 Å². The van der Waals surface area contributed by atoms with Gasteiger partial charge in [-0.2, -0.15) is 34.9 Å². The summed E-state index contributed by atoms with van der Waals surface area (Å²) in [6.45, 7) is -0.718. The molecule has 0 spiro atoms. The minimum absolute atomic E-state index is 0.0550. The van der Waals surface area contributed by atoms with Crippen LogP contribution in [0.4, 0.5) is 11.4 Å². The largest absolute Gasteiger partial charge is 0.481 e. The van der Waals surface area contributed by atoms with Crippen molar-refractivity contribution in [2.75, 3.05) is 76.6 Å². The van der Waals surface area contributed by atoms with Gasteiger partial charge in [-0.25, -0.2) is 9.59 Å². The Bertz CT molecular complexity index is 3800. The number of nitrogens with two attached hydrogens (primary N) is 2. The third-order valence-corrected chi connectivity index (χ3v) is 16.9. The minimum Gasteiger partial charge on any atom is -0.481 e. The first-order valence-electron chi connectivity index (χ1n) is 30.2. The first-order valence-corrected chi connectivity index (χ1v) is 33.1. The van der Waals surface area contributed by atoms with E-state index in [2.05, 4.69) is 30.7 Å². The quantitative estimate of drug-likeness (QED) is 0.00859. The maximum absolute atomic E-state index is 13.8. The fourth-order valence-corrected chi connectivity index (χ4v) is 11.7. The third kappa shape index (κ3) is 26.6. The molecule has 0 saturated heterocycles. The monoisotopic (exact) mass is 1430 g/mol. The summed E-state index contributed by atoms with van der Waals surface area (Å²) in [5.74, 6) is -9.55. The molecule has 0 aromatic heterocycles. The second-order valence-electron chi connectivity index (χ2n) is 21.3. The van der Waals surface area contributed by atoms with Gasteiger partial charge < -0.3 is 81.6 Å². The van der Waals surface area contributed by atoms with Gasteiger partial charge in [0, 0.05) is 61.8 Å². The van der Waals surface area contributed by atoms with E-state index in [-0.39, 0.29) is 136 Å².